The molecule has 132 valence electrons. The van der Waals surface area contributed by atoms with Crippen LogP contribution >= 0.6 is 0 Å². The first-order valence-electron chi connectivity index (χ1n) is 7.67. The van der Waals surface area contributed by atoms with Crippen molar-refractivity contribution in [1.29, 1.82) is 0 Å². The second-order valence-corrected chi connectivity index (χ2v) is 5.90. The van der Waals surface area contributed by atoms with Gasteiger partial charge in [0.25, 0.3) is 5.91 Å². The molecule has 4 N–H and O–H groups in total. The molecule has 2 fully saturated rings. The summed E-state index contributed by atoms with van der Waals surface area (Å²) in [6.07, 6.45) is 0.392. The van der Waals surface area contributed by atoms with Gasteiger partial charge in [-0.3, -0.25) is 9.69 Å². The number of carbonyl (C=O) groups is 3. The number of nitrogens with one attached hydrogen (secondary N) is 4. The summed E-state index contributed by atoms with van der Waals surface area (Å²) in [5, 5.41) is 11.6. The number of hydrazone groups is 1. The van der Waals surface area contributed by atoms with Crippen molar-refractivity contribution in [3.05, 3.63) is 29.8 Å². The van der Waals surface area contributed by atoms with Crippen LogP contribution < -0.4 is 26.3 Å². The van der Waals surface area contributed by atoms with E-state index in [1.165, 1.54) is 11.1 Å². The minimum Gasteiger partial charge on any atom is -0.378 e. The number of benzene rings is 1. The summed E-state index contributed by atoms with van der Waals surface area (Å²) in [5.74, 6) is -0.460. The lowest BCUT2D eigenvalue weighted by Gasteiger charge is -2.19. The highest BCUT2D eigenvalue weighted by Crippen LogP contribution is 2.13. The molecule has 10 nitrogen and oxygen atoms in total. The molecule has 25 heavy (non-hydrogen) atoms. The molecule has 5 amide bonds. The monoisotopic (exact) mass is 345 g/mol. The third-order valence-corrected chi connectivity index (χ3v) is 3.88. The molecule has 2 aliphatic rings. The molecule has 0 unspecified atom stereocenters. The second kappa shape index (κ2) is 6.67. The zero-order valence-electron chi connectivity index (χ0n) is 13.8. The second-order valence-electron chi connectivity index (χ2n) is 5.90. The normalized spacial score (nSPS) is 21.6. The van der Waals surface area contributed by atoms with E-state index in [9.17, 15) is 14.4 Å². The fourth-order valence-electron chi connectivity index (χ4n) is 2.59. The summed E-state index contributed by atoms with van der Waals surface area (Å²) < 4.78 is 0. The van der Waals surface area contributed by atoms with Crippen LogP contribution in [0.2, 0.25) is 0 Å². The Labute approximate surface area is 144 Å². The molecule has 1 aromatic rings. The molecule has 0 aliphatic carbocycles. The molecule has 3 rings (SSSR count). The fourth-order valence-corrected chi connectivity index (χ4v) is 2.59. The topological polar surface area (TPSA) is 118 Å². The molecular formula is C15H19N7O3. The molecule has 0 aromatic heterocycles. The smallest absolute Gasteiger partial charge is 0.321 e. The zero-order chi connectivity index (χ0) is 18.0. The molecule has 2 aliphatic heterocycles. The third-order valence-electron chi connectivity index (χ3n) is 3.88. The van der Waals surface area contributed by atoms with Gasteiger partial charge in [-0.15, -0.1) is 0 Å². The van der Waals surface area contributed by atoms with E-state index in [0.29, 0.717) is 0 Å². The molecule has 10 heteroatoms. The maximum Gasteiger partial charge on any atom is 0.321 e. The van der Waals surface area contributed by atoms with Crippen LogP contribution in [0.3, 0.4) is 0 Å². The lowest BCUT2D eigenvalue weighted by Crippen LogP contribution is -2.47. The van der Waals surface area contributed by atoms with E-state index in [4.69, 9.17) is 0 Å². The largest absolute Gasteiger partial charge is 0.378 e. The van der Waals surface area contributed by atoms with E-state index < -0.39 is 24.3 Å². The maximum absolute atomic E-state index is 12.0. The van der Waals surface area contributed by atoms with Crippen LogP contribution in [0, 0.1) is 0 Å². The number of nitrogens with zero attached hydrogens (tertiary/aromatic N) is 3. The predicted molar refractivity (Wildman–Crippen MR) is 91.0 cm³/mol. The average molecular weight is 345 g/mol. The van der Waals surface area contributed by atoms with Crippen molar-refractivity contribution >= 4 is 29.9 Å². The van der Waals surface area contributed by atoms with Crippen molar-refractivity contribution < 1.29 is 14.4 Å². The SMILES string of the molecule is CN(C)c1ccc(/C=N\NC(=O)CN2C(=O)N[C@H]3NC(=O)N[C@H]32)cc1. The molecule has 2 heterocycles. The van der Waals surface area contributed by atoms with Gasteiger partial charge in [0.05, 0.1) is 6.21 Å². The first-order chi connectivity index (χ1) is 11.9. The van der Waals surface area contributed by atoms with Crippen LogP contribution in [0.15, 0.2) is 29.4 Å². The van der Waals surface area contributed by atoms with E-state index in [1.54, 1.807) is 0 Å². The number of hydrogen-bond donors (Lipinski definition) is 4. The van der Waals surface area contributed by atoms with E-state index in [-0.39, 0.29) is 12.6 Å². The Morgan fingerprint density at radius 2 is 1.96 bits per heavy atom. The van der Waals surface area contributed by atoms with Gasteiger partial charge in [-0.05, 0) is 17.7 Å². The highest BCUT2D eigenvalue weighted by Gasteiger charge is 2.45. The predicted octanol–water partition coefficient (Wildman–Crippen LogP) is -0.807. The molecule has 0 radical (unpaired) electrons. The van der Waals surface area contributed by atoms with Gasteiger partial charge < -0.3 is 20.9 Å². The highest BCUT2D eigenvalue weighted by molar-refractivity contribution is 5.89. The van der Waals surface area contributed by atoms with Gasteiger partial charge in [0, 0.05) is 19.8 Å². The van der Waals surface area contributed by atoms with Crippen molar-refractivity contribution in [1.82, 2.24) is 26.3 Å². The molecule has 1 aromatic carbocycles. The van der Waals surface area contributed by atoms with E-state index >= 15 is 0 Å². The molecule has 2 saturated heterocycles. The number of hydrogen-bond acceptors (Lipinski definition) is 5. The quantitative estimate of drug-likeness (QED) is 0.412. The van der Waals surface area contributed by atoms with Crippen LogP contribution in [-0.4, -0.2) is 62.1 Å². The minimum atomic E-state index is -0.590. The van der Waals surface area contributed by atoms with Gasteiger partial charge in [0.15, 0.2) is 0 Å². The van der Waals surface area contributed by atoms with E-state index in [1.807, 2.05) is 43.3 Å². The van der Waals surface area contributed by atoms with Crippen LogP contribution in [0.1, 0.15) is 5.56 Å². The number of fused-ring (bicyclic) bond motifs is 1. The summed E-state index contributed by atoms with van der Waals surface area (Å²) in [5.41, 5.74) is 4.26. The Morgan fingerprint density at radius 1 is 1.24 bits per heavy atom. The number of anilines is 1. The first kappa shape index (κ1) is 16.6. The summed E-state index contributed by atoms with van der Waals surface area (Å²) in [7, 11) is 3.90. The number of urea groups is 2. The number of rotatable bonds is 5. The van der Waals surface area contributed by atoms with Crippen LogP contribution in [0.4, 0.5) is 15.3 Å². The van der Waals surface area contributed by atoms with E-state index in [2.05, 4.69) is 26.5 Å². The Kier molecular flexibility index (Phi) is 4.42. The number of amides is 5. The van der Waals surface area contributed by atoms with Gasteiger partial charge in [-0.1, -0.05) is 12.1 Å². The fraction of sp³-hybridized carbons (Fsp3) is 0.333. The van der Waals surface area contributed by atoms with Crippen LogP contribution in [0.25, 0.3) is 0 Å². The Bertz CT molecular complexity index is 716. The third kappa shape index (κ3) is 3.62. The van der Waals surface area contributed by atoms with Crippen molar-refractivity contribution in [3.63, 3.8) is 0 Å². The Balaban J connectivity index is 1.52. The zero-order valence-corrected chi connectivity index (χ0v) is 13.8. The van der Waals surface area contributed by atoms with Crippen LogP contribution in [-0.2, 0) is 4.79 Å². The summed E-state index contributed by atoms with van der Waals surface area (Å²) in [6, 6.07) is 6.81. The van der Waals surface area contributed by atoms with Crippen molar-refractivity contribution in [2.24, 2.45) is 5.10 Å². The lowest BCUT2D eigenvalue weighted by atomic mass is 10.2. The highest BCUT2D eigenvalue weighted by atomic mass is 16.2. The Morgan fingerprint density at radius 3 is 2.64 bits per heavy atom. The minimum absolute atomic E-state index is 0.216. The molecule has 0 saturated carbocycles. The van der Waals surface area contributed by atoms with Gasteiger partial charge in [-0.2, -0.15) is 5.10 Å². The first-order valence-corrected chi connectivity index (χ1v) is 7.67. The van der Waals surface area contributed by atoms with Crippen molar-refractivity contribution in [2.45, 2.75) is 12.3 Å². The molecule has 0 spiro atoms. The van der Waals surface area contributed by atoms with Gasteiger partial charge in [0.2, 0.25) is 0 Å². The summed E-state index contributed by atoms with van der Waals surface area (Å²) in [4.78, 5) is 38.3. The summed E-state index contributed by atoms with van der Waals surface area (Å²) in [6.45, 7) is -0.216. The summed E-state index contributed by atoms with van der Waals surface area (Å²) >= 11 is 0. The average Bonchev–Trinajstić information content (AvgIpc) is 3.05. The lowest BCUT2D eigenvalue weighted by molar-refractivity contribution is -0.121. The molecular weight excluding hydrogens is 326 g/mol. The molecule has 0 bridgehead atoms. The van der Waals surface area contributed by atoms with E-state index in [0.717, 1.165) is 11.3 Å². The van der Waals surface area contributed by atoms with Crippen molar-refractivity contribution in [2.75, 3.05) is 25.5 Å². The van der Waals surface area contributed by atoms with Gasteiger partial charge >= 0.3 is 12.1 Å². The Hall–Kier alpha value is -3.30. The van der Waals surface area contributed by atoms with Crippen LogP contribution in [0.5, 0.6) is 0 Å². The standard InChI is InChI=1S/C15H19N7O3/c1-21(2)10-5-3-9(4-6-10)7-16-20-11(23)8-22-13-12(18-15(22)25)17-14(24)19-13/h3-7,12-13H,8H2,1-2H3,(H,18,25)(H,20,23)(H2,17,19,24)/b16-7-/t12-,13+/m1/s1. The maximum atomic E-state index is 12.0. The number of carbonyl (C=O) groups excluding carboxylic acids is 3. The molecule has 2 atom stereocenters. The van der Waals surface area contributed by atoms with Crippen molar-refractivity contribution in [3.8, 4) is 0 Å². The van der Waals surface area contributed by atoms with Gasteiger partial charge in [0.1, 0.15) is 18.9 Å². The van der Waals surface area contributed by atoms with Gasteiger partial charge in [-0.25, -0.2) is 15.0 Å².